The van der Waals surface area contributed by atoms with Gasteiger partial charge in [-0.3, -0.25) is 4.79 Å². The van der Waals surface area contributed by atoms with Crippen LogP contribution in [0, 0.1) is 0 Å². The molecule has 0 radical (unpaired) electrons. The van der Waals surface area contributed by atoms with Crippen molar-refractivity contribution in [2.24, 2.45) is 0 Å². The first-order valence-electron chi connectivity index (χ1n) is 6.79. The smallest absolute Gasteiger partial charge is 0.233 e. The summed E-state index contributed by atoms with van der Waals surface area (Å²) in [5.41, 5.74) is 1.52. The molecule has 2 rings (SSSR count). The highest BCUT2D eigenvalue weighted by Gasteiger charge is 2.44. The second-order valence-electron chi connectivity index (χ2n) is 5.09. The number of methoxy groups -OCH3 is 1. The quantitative estimate of drug-likeness (QED) is 0.715. The van der Waals surface area contributed by atoms with Crippen molar-refractivity contribution in [3.8, 4) is 0 Å². The van der Waals surface area contributed by atoms with E-state index in [-0.39, 0.29) is 23.7 Å². The molecule has 0 heterocycles. The number of ether oxygens (including phenoxy) is 1. The zero-order valence-electron chi connectivity index (χ0n) is 11.9. The van der Waals surface area contributed by atoms with Gasteiger partial charge in [0.15, 0.2) is 0 Å². The van der Waals surface area contributed by atoms with Gasteiger partial charge in [-0.1, -0.05) is 30.3 Å². The Hall–Kier alpha value is -1.10. The molecule has 1 aliphatic rings. The van der Waals surface area contributed by atoms with Gasteiger partial charge < -0.3 is 15.4 Å². The van der Waals surface area contributed by atoms with Crippen LogP contribution in [0.4, 0.5) is 0 Å². The van der Waals surface area contributed by atoms with Crippen molar-refractivity contribution >= 4 is 18.3 Å². The Bertz CT molecular complexity index is 408. The van der Waals surface area contributed by atoms with Gasteiger partial charge in [-0.15, -0.1) is 12.4 Å². The van der Waals surface area contributed by atoms with Crippen LogP contribution in [0.1, 0.15) is 18.4 Å². The summed E-state index contributed by atoms with van der Waals surface area (Å²) < 4.78 is 4.91. The number of carbonyl (C=O) groups is 1. The molecule has 1 aromatic rings. The number of halogens is 1. The lowest BCUT2D eigenvalue weighted by Crippen LogP contribution is -2.39. The minimum absolute atomic E-state index is 0. The van der Waals surface area contributed by atoms with Gasteiger partial charge in [-0.2, -0.15) is 0 Å². The van der Waals surface area contributed by atoms with Crippen LogP contribution < -0.4 is 10.6 Å². The van der Waals surface area contributed by atoms with Crippen molar-refractivity contribution in [1.29, 1.82) is 0 Å². The van der Waals surface area contributed by atoms with E-state index in [1.165, 1.54) is 5.56 Å². The molecule has 4 nitrogen and oxygen atoms in total. The van der Waals surface area contributed by atoms with E-state index in [2.05, 4.69) is 34.9 Å². The second-order valence-corrected chi connectivity index (χ2v) is 5.09. The lowest BCUT2D eigenvalue weighted by Gasteiger charge is -2.16. The number of carbonyl (C=O) groups excluding carboxylic acids is 1. The molecule has 0 spiro atoms. The highest BCUT2D eigenvalue weighted by Crippen LogP contribution is 2.47. The van der Waals surface area contributed by atoms with Gasteiger partial charge in [-0.25, -0.2) is 0 Å². The molecular weight excluding hydrogens is 276 g/mol. The molecule has 1 aromatic carbocycles. The molecule has 1 aliphatic carbocycles. The molecule has 1 amide bonds. The number of hydrogen-bond donors (Lipinski definition) is 2. The Morgan fingerprint density at radius 1 is 1.30 bits per heavy atom. The summed E-state index contributed by atoms with van der Waals surface area (Å²) >= 11 is 0. The molecule has 1 saturated carbocycles. The maximum Gasteiger partial charge on any atom is 0.233 e. The van der Waals surface area contributed by atoms with Gasteiger partial charge in [0.05, 0.1) is 13.2 Å². The first kappa shape index (κ1) is 17.0. The summed E-state index contributed by atoms with van der Waals surface area (Å²) in [6.07, 6.45) is 2.32. The van der Waals surface area contributed by atoms with E-state index in [1.807, 2.05) is 6.07 Å². The molecule has 0 saturated heterocycles. The maximum atomic E-state index is 11.7. The number of nitrogens with one attached hydrogen (secondary N) is 2. The zero-order chi connectivity index (χ0) is 13.6. The molecule has 0 aliphatic heterocycles. The zero-order valence-corrected chi connectivity index (χ0v) is 12.7. The predicted octanol–water partition coefficient (Wildman–Crippen LogP) is 1.49. The van der Waals surface area contributed by atoms with E-state index >= 15 is 0 Å². The monoisotopic (exact) mass is 298 g/mol. The van der Waals surface area contributed by atoms with Crippen molar-refractivity contribution in [3.63, 3.8) is 0 Å². The second kappa shape index (κ2) is 8.25. The van der Waals surface area contributed by atoms with Gasteiger partial charge >= 0.3 is 0 Å². The van der Waals surface area contributed by atoms with E-state index < -0.39 is 0 Å². The molecule has 0 bridgehead atoms. The van der Waals surface area contributed by atoms with Crippen molar-refractivity contribution in [2.75, 3.05) is 33.4 Å². The van der Waals surface area contributed by atoms with Crippen LogP contribution in [0.25, 0.3) is 0 Å². The minimum Gasteiger partial charge on any atom is -0.383 e. The Balaban J connectivity index is 0.00000200. The number of hydrogen-bond acceptors (Lipinski definition) is 3. The molecule has 2 N–H and O–H groups in total. The number of rotatable bonds is 8. The fourth-order valence-corrected chi connectivity index (χ4v) is 2.22. The third-order valence-corrected chi connectivity index (χ3v) is 3.63. The molecule has 0 aromatic heterocycles. The van der Waals surface area contributed by atoms with Gasteiger partial charge in [-0.05, 0) is 18.4 Å². The highest BCUT2D eigenvalue weighted by atomic mass is 35.5. The molecule has 1 fully saturated rings. The first-order chi connectivity index (χ1) is 9.27. The molecule has 5 heteroatoms. The Labute approximate surface area is 126 Å². The van der Waals surface area contributed by atoms with Crippen LogP contribution in [-0.4, -0.2) is 39.3 Å². The van der Waals surface area contributed by atoms with Crippen LogP contribution in [0.2, 0.25) is 0 Å². The number of benzene rings is 1. The summed E-state index contributed by atoms with van der Waals surface area (Å²) in [5, 5.41) is 6.06. The first-order valence-corrected chi connectivity index (χ1v) is 6.79. The van der Waals surface area contributed by atoms with E-state index in [9.17, 15) is 4.79 Å². The Morgan fingerprint density at radius 2 is 2.00 bits per heavy atom. The molecule has 112 valence electrons. The highest BCUT2D eigenvalue weighted by molar-refractivity contribution is 5.85. The normalized spacial score (nSPS) is 15.2. The lowest BCUT2D eigenvalue weighted by molar-refractivity contribution is -0.120. The molecule has 0 atom stereocenters. The van der Waals surface area contributed by atoms with Crippen LogP contribution in [0.15, 0.2) is 30.3 Å². The minimum atomic E-state index is 0. The maximum absolute atomic E-state index is 11.7. The average Bonchev–Trinajstić information content (AvgIpc) is 3.24. The van der Waals surface area contributed by atoms with Crippen LogP contribution in [0.3, 0.4) is 0 Å². The van der Waals surface area contributed by atoms with Gasteiger partial charge in [0.1, 0.15) is 0 Å². The summed E-state index contributed by atoms with van der Waals surface area (Å²) in [5.74, 6) is 0.0540. The van der Waals surface area contributed by atoms with E-state index in [4.69, 9.17) is 4.74 Å². The van der Waals surface area contributed by atoms with Gasteiger partial charge in [0.25, 0.3) is 0 Å². The third-order valence-electron chi connectivity index (χ3n) is 3.63. The van der Waals surface area contributed by atoms with Crippen molar-refractivity contribution in [1.82, 2.24) is 10.6 Å². The number of amides is 1. The van der Waals surface area contributed by atoms with Crippen LogP contribution in [0.5, 0.6) is 0 Å². The molecular formula is C15H23ClN2O2. The lowest BCUT2D eigenvalue weighted by atomic mass is 9.96. The topological polar surface area (TPSA) is 50.4 Å². The average molecular weight is 299 g/mol. The predicted molar refractivity (Wildman–Crippen MR) is 82.4 cm³/mol. The van der Waals surface area contributed by atoms with Gasteiger partial charge in [0, 0.05) is 25.6 Å². The van der Waals surface area contributed by atoms with Crippen LogP contribution >= 0.6 is 12.4 Å². The largest absolute Gasteiger partial charge is 0.383 e. The molecule has 20 heavy (non-hydrogen) atoms. The van der Waals surface area contributed by atoms with E-state index in [0.29, 0.717) is 19.7 Å². The summed E-state index contributed by atoms with van der Waals surface area (Å²) in [4.78, 5) is 11.7. The fourth-order valence-electron chi connectivity index (χ4n) is 2.22. The Morgan fingerprint density at radius 3 is 2.60 bits per heavy atom. The Kier molecular flexibility index (Phi) is 6.99. The summed E-state index contributed by atoms with van der Waals surface area (Å²) in [6, 6.07) is 10.4. The molecule has 0 unspecified atom stereocenters. The standard InChI is InChI=1S/C15H22N2O2.ClH/c1-19-10-9-16-11-14(18)17-12-15(7-8-15)13-5-3-2-4-6-13;/h2-6,16H,7-12H2,1H3,(H,17,18);1H. The fraction of sp³-hybridized carbons (Fsp3) is 0.533. The van der Waals surface area contributed by atoms with Crippen LogP contribution in [-0.2, 0) is 14.9 Å². The summed E-state index contributed by atoms with van der Waals surface area (Å²) in [7, 11) is 1.65. The van der Waals surface area contributed by atoms with Crippen molar-refractivity contribution < 1.29 is 9.53 Å². The van der Waals surface area contributed by atoms with Crippen molar-refractivity contribution in [2.45, 2.75) is 18.3 Å². The van der Waals surface area contributed by atoms with Gasteiger partial charge in [0.2, 0.25) is 5.91 Å². The summed E-state index contributed by atoms with van der Waals surface area (Å²) in [6.45, 7) is 2.42. The van der Waals surface area contributed by atoms with E-state index in [1.54, 1.807) is 7.11 Å². The third kappa shape index (κ3) is 4.78. The van der Waals surface area contributed by atoms with Crippen molar-refractivity contribution in [3.05, 3.63) is 35.9 Å². The van der Waals surface area contributed by atoms with E-state index in [0.717, 1.165) is 19.4 Å². The SMILES string of the molecule is COCCNCC(=O)NCC1(c2ccccc2)CC1.Cl.